The van der Waals surface area contributed by atoms with E-state index in [9.17, 15) is 9.59 Å². The molecule has 2 N–H and O–H groups in total. The summed E-state index contributed by atoms with van der Waals surface area (Å²) in [4.78, 5) is 24.4. The van der Waals surface area contributed by atoms with E-state index in [0.29, 0.717) is 12.2 Å². The van der Waals surface area contributed by atoms with Crippen molar-refractivity contribution in [1.29, 1.82) is 0 Å². The molecule has 1 aromatic rings. The molecule has 1 saturated heterocycles. The monoisotopic (exact) mass is 342 g/mol. The van der Waals surface area contributed by atoms with Gasteiger partial charge in [0, 0.05) is 16.7 Å². The number of carboxylic acids is 1. The van der Waals surface area contributed by atoms with Crippen molar-refractivity contribution in [2.24, 2.45) is 0 Å². The molecule has 1 atom stereocenters. The normalized spacial score (nSPS) is 18.7. The Balaban J connectivity index is 2.02. The number of hydrogen-bond acceptors (Lipinski definition) is 3. The van der Waals surface area contributed by atoms with Gasteiger partial charge < -0.3 is 20.1 Å². The van der Waals surface area contributed by atoms with Crippen LogP contribution in [-0.4, -0.2) is 47.8 Å². The number of halogens is 1. The number of morpholine rings is 1. The second-order valence-corrected chi connectivity index (χ2v) is 5.51. The van der Waals surface area contributed by atoms with Gasteiger partial charge in [0.15, 0.2) is 6.10 Å². The van der Waals surface area contributed by atoms with Gasteiger partial charge in [-0.05, 0) is 30.7 Å². The number of anilines is 1. The van der Waals surface area contributed by atoms with Gasteiger partial charge in [-0.15, -0.1) is 0 Å². The van der Waals surface area contributed by atoms with E-state index in [2.05, 4.69) is 21.2 Å². The van der Waals surface area contributed by atoms with Crippen LogP contribution in [0.15, 0.2) is 22.7 Å². The largest absolute Gasteiger partial charge is 0.479 e. The van der Waals surface area contributed by atoms with E-state index in [4.69, 9.17) is 9.84 Å². The highest BCUT2D eigenvalue weighted by atomic mass is 79.9. The summed E-state index contributed by atoms with van der Waals surface area (Å²) >= 11 is 3.36. The van der Waals surface area contributed by atoms with Gasteiger partial charge in [-0.2, -0.15) is 0 Å². The summed E-state index contributed by atoms with van der Waals surface area (Å²) in [6.45, 7) is 2.58. The van der Waals surface area contributed by atoms with Crippen LogP contribution in [0.3, 0.4) is 0 Å². The lowest BCUT2D eigenvalue weighted by Gasteiger charge is -2.30. The van der Waals surface area contributed by atoms with Crippen molar-refractivity contribution in [1.82, 2.24) is 4.90 Å². The van der Waals surface area contributed by atoms with E-state index in [-0.39, 0.29) is 19.2 Å². The lowest BCUT2D eigenvalue weighted by Crippen LogP contribution is -2.49. The number of hydrogen-bond donors (Lipinski definition) is 2. The molecule has 1 aliphatic rings. The zero-order valence-corrected chi connectivity index (χ0v) is 12.5. The number of nitrogens with one attached hydrogen (secondary N) is 1. The number of ether oxygens (including phenoxy) is 1. The Labute approximate surface area is 124 Å². The summed E-state index contributed by atoms with van der Waals surface area (Å²) in [5.74, 6) is -1.05. The van der Waals surface area contributed by atoms with Gasteiger partial charge in [0.1, 0.15) is 0 Å². The van der Waals surface area contributed by atoms with Crippen LogP contribution >= 0.6 is 15.9 Å². The molecule has 0 bridgehead atoms. The van der Waals surface area contributed by atoms with Crippen LogP contribution in [0.4, 0.5) is 10.5 Å². The van der Waals surface area contributed by atoms with Gasteiger partial charge in [-0.3, -0.25) is 0 Å². The van der Waals surface area contributed by atoms with Crippen molar-refractivity contribution in [2.75, 3.05) is 25.0 Å². The van der Waals surface area contributed by atoms with Crippen molar-refractivity contribution in [2.45, 2.75) is 13.0 Å². The fourth-order valence-corrected chi connectivity index (χ4v) is 2.60. The fraction of sp³-hybridized carbons (Fsp3) is 0.385. The molecule has 2 amide bonds. The van der Waals surface area contributed by atoms with E-state index in [1.807, 2.05) is 19.1 Å². The second-order valence-electron chi connectivity index (χ2n) is 4.59. The third-order valence-electron chi connectivity index (χ3n) is 2.92. The molecule has 0 spiro atoms. The molecule has 7 heteroatoms. The van der Waals surface area contributed by atoms with Crippen LogP contribution in [0, 0.1) is 6.92 Å². The predicted octanol–water partition coefficient (Wildman–Crippen LogP) is 2.07. The minimum atomic E-state index is -1.05. The molecule has 0 aliphatic carbocycles. The summed E-state index contributed by atoms with van der Waals surface area (Å²) in [7, 11) is 0. The van der Waals surface area contributed by atoms with E-state index in [1.165, 1.54) is 4.90 Å². The van der Waals surface area contributed by atoms with Gasteiger partial charge in [0.05, 0.1) is 13.2 Å². The average molecular weight is 343 g/mol. The zero-order valence-electron chi connectivity index (χ0n) is 10.9. The molecule has 0 radical (unpaired) electrons. The number of carbonyl (C=O) groups is 2. The summed E-state index contributed by atoms with van der Waals surface area (Å²) in [6, 6.07) is 5.25. The van der Waals surface area contributed by atoms with E-state index in [0.717, 1.165) is 10.0 Å². The van der Waals surface area contributed by atoms with Crippen molar-refractivity contribution >= 4 is 33.6 Å². The van der Waals surface area contributed by atoms with Crippen molar-refractivity contribution in [3.05, 3.63) is 28.2 Å². The number of aryl methyl sites for hydroxylation is 1. The number of benzene rings is 1. The first kappa shape index (κ1) is 14.8. The van der Waals surface area contributed by atoms with Crippen LogP contribution in [0.25, 0.3) is 0 Å². The van der Waals surface area contributed by atoms with Gasteiger partial charge >= 0.3 is 12.0 Å². The Morgan fingerprint density at radius 2 is 2.20 bits per heavy atom. The van der Waals surface area contributed by atoms with Gasteiger partial charge in [0.2, 0.25) is 0 Å². The lowest BCUT2D eigenvalue weighted by molar-refractivity contribution is -0.154. The van der Waals surface area contributed by atoms with Crippen molar-refractivity contribution in [3.63, 3.8) is 0 Å². The maximum Gasteiger partial charge on any atom is 0.334 e. The SMILES string of the molecule is Cc1cc(Br)cc(NC(=O)N2CCOC(C(=O)O)C2)c1. The van der Waals surface area contributed by atoms with Crippen molar-refractivity contribution in [3.8, 4) is 0 Å². The molecule has 108 valence electrons. The summed E-state index contributed by atoms with van der Waals surface area (Å²) in [5.41, 5.74) is 1.68. The molecule has 1 fully saturated rings. The number of carboxylic acid groups (broad SMARTS) is 1. The molecule has 0 saturated carbocycles. The number of carbonyl (C=O) groups excluding carboxylic acids is 1. The van der Waals surface area contributed by atoms with Gasteiger partial charge in [-0.1, -0.05) is 15.9 Å². The molecule has 1 aliphatic heterocycles. The molecule has 2 rings (SSSR count). The number of aliphatic carboxylic acids is 1. The topological polar surface area (TPSA) is 78.9 Å². The summed E-state index contributed by atoms with van der Waals surface area (Å²) in [6.07, 6.45) is -0.959. The molecule has 6 nitrogen and oxygen atoms in total. The van der Waals surface area contributed by atoms with Gasteiger partial charge in [-0.25, -0.2) is 9.59 Å². The minimum Gasteiger partial charge on any atom is -0.479 e. The number of amides is 2. The molecular formula is C13H15BrN2O4. The Morgan fingerprint density at radius 1 is 1.45 bits per heavy atom. The molecule has 1 unspecified atom stereocenters. The Hall–Kier alpha value is -1.60. The first-order valence-corrected chi connectivity index (χ1v) is 6.92. The highest BCUT2D eigenvalue weighted by Gasteiger charge is 2.28. The maximum atomic E-state index is 12.1. The lowest BCUT2D eigenvalue weighted by atomic mass is 10.2. The number of nitrogens with zero attached hydrogens (tertiary/aromatic N) is 1. The Bertz CT molecular complexity index is 515. The zero-order chi connectivity index (χ0) is 14.7. The molecule has 1 heterocycles. The van der Waals surface area contributed by atoms with Crippen LogP contribution in [0.2, 0.25) is 0 Å². The molecule has 1 aromatic carbocycles. The first-order valence-electron chi connectivity index (χ1n) is 6.13. The molecule has 20 heavy (non-hydrogen) atoms. The number of rotatable bonds is 2. The average Bonchev–Trinajstić information content (AvgIpc) is 2.37. The fourth-order valence-electron chi connectivity index (χ4n) is 1.99. The van der Waals surface area contributed by atoms with Crippen LogP contribution in [0.1, 0.15) is 5.56 Å². The standard InChI is InChI=1S/C13H15BrN2O4/c1-8-4-9(14)6-10(5-8)15-13(19)16-2-3-20-11(7-16)12(17)18/h4-6,11H,2-3,7H2,1H3,(H,15,19)(H,17,18). The maximum absolute atomic E-state index is 12.1. The van der Waals surface area contributed by atoms with E-state index >= 15 is 0 Å². The highest BCUT2D eigenvalue weighted by Crippen LogP contribution is 2.19. The Kier molecular flexibility index (Phi) is 4.61. The first-order chi connectivity index (χ1) is 9.45. The van der Waals surface area contributed by atoms with Crippen LogP contribution in [-0.2, 0) is 9.53 Å². The smallest absolute Gasteiger partial charge is 0.334 e. The minimum absolute atomic E-state index is 0.0498. The van der Waals surface area contributed by atoms with E-state index in [1.54, 1.807) is 6.07 Å². The quantitative estimate of drug-likeness (QED) is 0.862. The predicted molar refractivity (Wildman–Crippen MR) is 76.8 cm³/mol. The molecular weight excluding hydrogens is 328 g/mol. The number of urea groups is 1. The van der Waals surface area contributed by atoms with Gasteiger partial charge in [0.25, 0.3) is 0 Å². The summed E-state index contributed by atoms with van der Waals surface area (Å²) < 4.78 is 5.95. The molecule has 0 aromatic heterocycles. The summed E-state index contributed by atoms with van der Waals surface area (Å²) in [5, 5.41) is 11.7. The van der Waals surface area contributed by atoms with Crippen LogP contribution in [0.5, 0.6) is 0 Å². The third-order valence-corrected chi connectivity index (χ3v) is 3.38. The second kappa shape index (κ2) is 6.23. The van der Waals surface area contributed by atoms with Crippen molar-refractivity contribution < 1.29 is 19.4 Å². The van der Waals surface area contributed by atoms with Crippen LogP contribution < -0.4 is 5.32 Å². The van der Waals surface area contributed by atoms with E-state index < -0.39 is 12.1 Å². The third kappa shape index (κ3) is 3.71. The highest BCUT2D eigenvalue weighted by molar-refractivity contribution is 9.10. The Morgan fingerprint density at radius 3 is 2.85 bits per heavy atom.